The van der Waals surface area contributed by atoms with Gasteiger partial charge in [0, 0.05) is 17.7 Å². The van der Waals surface area contributed by atoms with Crippen molar-refractivity contribution in [1.29, 1.82) is 0 Å². The summed E-state index contributed by atoms with van der Waals surface area (Å²) in [5.74, 6) is 0. The molecule has 0 spiro atoms. The first kappa shape index (κ1) is 11.1. The van der Waals surface area contributed by atoms with Crippen LogP contribution >= 0.6 is 0 Å². The minimum Gasteiger partial charge on any atom is -0.397 e. The molecule has 0 aliphatic carbocycles. The lowest BCUT2D eigenvalue weighted by Gasteiger charge is -2.04. The highest BCUT2D eigenvalue weighted by molar-refractivity contribution is 5.64. The maximum atomic E-state index is 10.7. The number of nitrogens with zero attached hydrogens (tertiary/aromatic N) is 2. The molecule has 2 N–H and O–H groups in total. The van der Waals surface area contributed by atoms with E-state index >= 15 is 0 Å². The molecule has 0 radical (unpaired) electrons. The minimum atomic E-state index is -0.423. The molecule has 1 heterocycles. The van der Waals surface area contributed by atoms with Gasteiger partial charge in [-0.2, -0.15) is 0 Å². The van der Waals surface area contributed by atoms with E-state index in [1.807, 2.05) is 0 Å². The molecule has 1 aromatic heterocycles. The summed E-state index contributed by atoms with van der Waals surface area (Å²) < 4.78 is 0. The lowest BCUT2D eigenvalue weighted by molar-refractivity contribution is -0.384. The summed E-state index contributed by atoms with van der Waals surface area (Å²) in [7, 11) is 0. The largest absolute Gasteiger partial charge is 0.397 e. The van der Waals surface area contributed by atoms with Gasteiger partial charge in [0.25, 0.3) is 5.69 Å². The van der Waals surface area contributed by atoms with E-state index in [1.165, 1.54) is 12.1 Å². The quantitative estimate of drug-likeness (QED) is 0.633. The van der Waals surface area contributed by atoms with Crippen molar-refractivity contribution >= 4 is 11.4 Å². The smallest absolute Gasteiger partial charge is 0.270 e. The first-order valence-corrected chi connectivity index (χ1v) is 5.06. The molecule has 0 aliphatic heterocycles. The summed E-state index contributed by atoms with van der Waals surface area (Å²) in [5, 5.41) is 10.7. The number of pyridine rings is 1. The van der Waals surface area contributed by atoms with Crippen LogP contribution in [0.25, 0.3) is 11.3 Å². The predicted molar refractivity (Wildman–Crippen MR) is 65.5 cm³/mol. The van der Waals surface area contributed by atoms with Gasteiger partial charge in [0.2, 0.25) is 0 Å². The normalized spacial score (nSPS) is 10.2. The van der Waals surface area contributed by atoms with Crippen LogP contribution in [0.2, 0.25) is 0 Å². The Bertz CT molecular complexity index is 582. The zero-order chi connectivity index (χ0) is 12.4. The summed E-state index contributed by atoms with van der Waals surface area (Å²) in [6.45, 7) is 1.80. The van der Waals surface area contributed by atoms with Gasteiger partial charge in [-0.15, -0.1) is 0 Å². The van der Waals surface area contributed by atoms with Crippen LogP contribution in [0.1, 0.15) is 5.69 Å². The fourth-order valence-electron chi connectivity index (χ4n) is 1.51. The van der Waals surface area contributed by atoms with Crippen molar-refractivity contribution in [3.05, 3.63) is 52.2 Å². The Balaban J connectivity index is 2.49. The molecule has 0 fully saturated rings. The fraction of sp³-hybridized carbons (Fsp3) is 0.0833. The first-order valence-electron chi connectivity index (χ1n) is 5.06. The van der Waals surface area contributed by atoms with E-state index < -0.39 is 4.92 Å². The number of nitro groups is 1. The van der Waals surface area contributed by atoms with Crippen molar-refractivity contribution in [2.45, 2.75) is 6.92 Å². The maximum absolute atomic E-state index is 10.7. The van der Waals surface area contributed by atoms with Crippen LogP contribution in [0.4, 0.5) is 11.4 Å². The van der Waals surface area contributed by atoms with Gasteiger partial charge in [-0.1, -0.05) is 12.1 Å². The average Bonchev–Trinajstić information content (AvgIpc) is 2.33. The van der Waals surface area contributed by atoms with Gasteiger partial charge in [-0.25, -0.2) is 0 Å². The molecular weight excluding hydrogens is 218 g/mol. The lowest BCUT2D eigenvalue weighted by Crippen LogP contribution is -1.95. The van der Waals surface area contributed by atoms with Gasteiger partial charge < -0.3 is 5.73 Å². The molecule has 2 aromatic rings. The molecule has 17 heavy (non-hydrogen) atoms. The van der Waals surface area contributed by atoms with E-state index in [9.17, 15) is 10.1 Å². The van der Waals surface area contributed by atoms with Crippen molar-refractivity contribution in [3.8, 4) is 11.3 Å². The maximum Gasteiger partial charge on any atom is 0.270 e. The van der Waals surface area contributed by atoms with Crippen molar-refractivity contribution in [2.24, 2.45) is 0 Å². The molecule has 86 valence electrons. The lowest BCUT2D eigenvalue weighted by atomic mass is 10.1. The Morgan fingerprint density at radius 2 is 2.06 bits per heavy atom. The summed E-state index contributed by atoms with van der Waals surface area (Å²) in [6.07, 6.45) is 0. The Labute approximate surface area is 98.1 Å². The zero-order valence-electron chi connectivity index (χ0n) is 9.25. The van der Waals surface area contributed by atoms with E-state index in [2.05, 4.69) is 4.98 Å². The molecule has 0 atom stereocenters. The van der Waals surface area contributed by atoms with Crippen LogP contribution in [0, 0.1) is 17.0 Å². The van der Waals surface area contributed by atoms with Gasteiger partial charge in [0.1, 0.15) is 0 Å². The third kappa shape index (κ3) is 2.23. The van der Waals surface area contributed by atoms with E-state index in [1.54, 1.807) is 31.2 Å². The summed E-state index contributed by atoms with van der Waals surface area (Å²) in [5.41, 5.74) is 8.45. The van der Waals surface area contributed by atoms with E-state index in [0.717, 1.165) is 0 Å². The molecule has 5 heteroatoms. The molecule has 0 amide bonds. The topological polar surface area (TPSA) is 82.0 Å². The Hall–Kier alpha value is -2.43. The number of nitrogen functional groups attached to an aromatic ring is 1. The van der Waals surface area contributed by atoms with Gasteiger partial charge >= 0.3 is 0 Å². The van der Waals surface area contributed by atoms with Crippen molar-refractivity contribution in [2.75, 3.05) is 5.73 Å². The summed E-state index contributed by atoms with van der Waals surface area (Å²) in [6, 6.07) is 9.87. The fourth-order valence-corrected chi connectivity index (χ4v) is 1.51. The molecule has 5 nitrogen and oxygen atoms in total. The summed E-state index contributed by atoms with van der Waals surface area (Å²) in [4.78, 5) is 14.5. The van der Waals surface area contributed by atoms with Crippen LogP contribution in [-0.4, -0.2) is 9.91 Å². The number of non-ortho nitro benzene ring substituents is 1. The summed E-state index contributed by atoms with van der Waals surface area (Å²) >= 11 is 0. The van der Waals surface area contributed by atoms with Gasteiger partial charge in [-0.05, 0) is 19.1 Å². The standard InChI is InChI=1S/C12H11N3O2/c1-8-11(13)5-6-12(14-8)9-3-2-4-10(7-9)15(16)17/h2-7H,13H2,1H3. The Kier molecular flexibility index (Phi) is 2.74. The monoisotopic (exact) mass is 229 g/mol. The van der Waals surface area contributed by atoms with Gasteiger partial charge in [0.15, 0.2) is 0 Å². The number of nitrogens with two attached hydrogens (primary N) is 1. The van der Waals surface area contributed by atoms with Crippen LogP contribution in [0.5, 0.6) is 0 Å². The third-order valence-electron chi connectivity index (χ3n) is 2.48. The molecule has 1 aromatic carbocycles. The number of aromatic nitrogens is 1. The second kappa shape index (κ2) is 4.21. The Morgan fingerprint density at radius 3 is 2.71 bits per heavy atom. The highest BCUT2D eigenvalue weighted by Crippen LogP contribution is 2.23. The van der Waals surface area contributed by atoms with Crippen LogP contribution < -0.4 is 5.73 Å². The first-order chi connectivity index (χ1) is 8.08. The number of hydrogen-bond donors (Lipinski definition) is 1. The van der Waals surface area contributed by atoms with Crippen LogP contribution in [-0.2, 0) is 0 Å². The van der Waals surface area contributed by atoms with Crippen LogP contribution in [0.3, 0.4) is 0 Å². The molecular formula is C12H11N3O2. The molecule has 0 unspecified atom stereocenters. The van der Waals surface area contributed by atoms with E-state index in [-0.39, 0.29) is 5.69 Å². The van der Waals surface area contributed by atoms with Gasteiger partial charge in [-0.3, -0.25) is 15.1 Å². The van der Waals surface area contributed by atoms with Crippen molar-refractivity contribution < 1.29 is 4.92 Å². The van der Waals surface area contributed by atoms with E-state index in [0.29, 0.717) is 22.6 Å². The number of rotatable bonds is 2. The van der Waals surface area contributed by atoms with E-state index in [4.69, 9.17) is 5.73 Å². The Morgan fingerprint density at radius 1 is 1.29 bits per heavy atom. The third-order valence-corrected chi connectivity index (χ3v) is 2.48. The SMILES string of the molecule is Cc1nc(-c2cccc([N+](=O)[O-])c2)ccc1N. The van der Waals surface area contributed by atoms with Gasteiger partial charge in [0.05, 0.1) is 22.0 Å². The minimum absolute atomic E-state index is 0.0544. The van der Waals surface area contributed by atoms with Crippen molar-refractivity contribution in [3.63, 3.8) is 0 Å². The second-order valence-corrected chi connectivity index (χ2v) is 3.68. The number of aryl methyl sites for hydroxylation is 1. The molecule has 0 saturated heterocycles. The number of benzene rings is 1. The average molecular weight is 229 g/mol. The number of hydrogen-bond acceptors (Lipinski definition) is 4. The van der Waals surface area contributed by atoms with Crippen molar-refractivity contribution in [1.82, 2.24) is 4.98 Å². The highest BCUT2D eigenvalue weighted by Gasteiger charge is 2.08. The predicted octanol–water partition coefficient (Wildman–Crippen LogP) is 2.55. The number of nitro benzene ring substituents is 1. The molecule has 0 bridgehead atoms. The molecule has 0 saturated carbocycles. The zero-order valence-corrected chi connectivity index (χ0v) is 9.25. The molecule has 0 aliphatic rings. The number of anilines is 1. The second-order valence-electron chi connectivity index (χ2n) is 3.68. The highest BCUT2D eigenvalue weighted by atomic mass is 16.6. The van der Waals surface area contributed by atoms with Crippen LogP contribution in [0.15, 0.2) is 36.4 Å². The molecule has 2 rings (SSSR count).